The van der Waals surface area contributed by atoms with Crippen molar-refractivity contribution in [3.8, 4) is 0 Å². The lowest BCUT2D eigenvalue weighted by atomic mass is 10.1. The molecule has 31 heavy (non-hydrogen) atoms. The van der Waals surface area contributed by atoms with Crippen LogP contribution in [-0.4, -0.2) is 50.3 Å². The third-order valence-corrected chi connectivity index (χ3v) is 4.66. The summed E-state index contributed by atoms with van der Waals surface area (Å²) in [6.07, 6.45) is -14.1. The lowest BCUT2D eigenvalue weighted by Crippen LogP contribution is -2.38. The zero-order valence-electron chi connectivity index (χ0n) is 15.8. The van der Waals surface area contributed by atoms with Gasteiger partial charge < -0.3 is 10.2 Å². The molecule has 0 aliphatic heterocycles. The third-order valence-electron chi connectivity index (χ3n) is 3.60. The summed E-state index contributed by atoms with van der Waals surface area (Å²) in [6, 6.07) is 0. The highest BCUT2D eigenvalue weighted by Gasteiger charge is 2.57. The number of carboxylic acid groups (broad SMARTS) is 2. The first-order chi connectivity index (χ1) is 13.7. The zero-order chi connectivity index (χ0) is 25.1. The van der Waals surface area contributed by atoms with Crippen LogP contribution in [0.25, 0.3) is 0 Å². The Labute approximate surface area is 184 Å². The minimum absolute atomic E-state index is 0.0263. The van der Waals surface area contributed by atoms with Crippen molar-refractivity contribution in [2.75, 3.05) is 0 Å². The molecule has 0 aromatic rings. The van der Waals surface area contributed by atoms with Crippen molar-refractivity contribution < 1.29 is 63.7 Å². The average Bonchev–Trinajstić information content (AvgIpc) is 2.51. The molecule has 0 aromatic carbocycles. The summed E-state index contributed by atoms with van der Waals surface area (Å²) in [5, 5.41) is 16.4. The summed E-state index contributed by atoms with van der Waals surface area (Å²) >= 11 is 1.48. The summed E-state index contributed by atoms with van der Waals surface area (Å²) in [4.78, 5) is 20.1. The molecule has 0 bridgehead atoms. The Balaban J connectivity index is 0. The minimum atomic E-state index is -5.54. The van der Waals surface area contributed by atoms with E-state index >= 15 is 0 Å². The van der Waals surface area contributed by atoms with Crippen LogP contribution >= 0.6 is 22.6 Å². The summed E-state index contributed by atoms with van der Waals surface area (Å²) in [7, 11) is 0. The molecule has 0 radical (unpaired) electrons. The fourth-order valence-corrected chi connectivity index (χ4v) is 2.91. The van der Waals surface area contributed by atoms with Crippen molar-refractivity contribution in [3.63, 3.8) is 0 Å². The molecule has 0 amide bonds. The van der Waals surface area contributed by atoms with E-state index in [0.717, 1.165) is 0 Å². The highest BCUT2D eigenvalue weighted by molar-refractivity contribution is 14.1. The Hall–Kier alpha value is -1.03. The first kappa shape index (κ1) is 32.2. The quantitative estimate of drug-likeness (QED) is 0.112. The molecule has 186 valence electrons. The number of unbranched alkanes of at least 4 members (excludes halogenated alkanes) is 2. The number of carbonyl (C=O) groups is 2. The van der Waals surface area contributed by atoms with E-state index in [9.17, 15) is 53.5 Å². The van der Waals surface area contributed by atoms with Gasteiger partial charge in [0.15, 0.2) is 0 Å². The predicted octanol–water partition coefficient (Wildman–Crippen LogP) is 6.85. The van der Waals surface area contributed by atoms with Gasteiger partial charge in [0.2, 0.25) is 0 Å². The lowest BCUT2D eigenvalue weighted by Gasteiger charge is -2.21. The molecule has 0 rings (SSSR count). The van der Waals surface area contributed by atoms with E-state index in [1.54, 1.807) is 0 Å². The second-order valence-electron chi connectivity index (χ2n) is 6.45. The molecule has 0 heterocycles. The van der Waals surface area contributed by atoms with Crippen LogP contribution in [0.1, 0.15) is 57.8 Å². The molecule has 0 spiro atoms. The summed E-state index contributed by atoms with van der Waals surface area (Å²) in [6.45, 7) is 0. The molecule has 0 fully saturated rings. The van der Waals surface area contributed by atoms with E-state index in [-0.39, 0.29) is 44.9 Å². The van der Waals surface area contributed by atoms with Gasteiger partial charge in [-0.05, 0) is 25.7 Å². The Morgan fingerprint density at radius 3 is 1.48 bits per heavy atom. The van der Waals surface area contributed by atoms with Gasteiger partial charge in [-0.3, -0.25) is 9.59 Å². The first-order valence-electron chi connectivity index (χ1n) is 8.69. The normalized spacial score (nSPS) is 13.9. The third kappa shape index (κ3) is 15.4. The topological polar surface area (TPSA) is 74.6 Å². The molecule has 1 unspecified atom stereocenters. The van der Waals surface area contributed by atoms with E-state index in [0.29, 0.717) is 0 Å². The van der Waals surface area contributed by atoms with Gasteiger partial charge >= 0.3 is 36.1 Å². The second kappa shape index (κ2) is 13.5. The largest absolute Gasteiger partial charge is 0.481 e. The van der Waals surface area contributed by atoms with Crippen molar-refractivity contribution >= 4 is 34.5 Å². The Morgan fingerprint density at radius 2 is 1.10 bits per heavy atom. The van der Waals surface area contributed by atoms with Gasteiger partial charge in [0.1, 0.15) is 0 Å². The minimum Gasteiger partial charge on any atom is -0.481 e. The summed E-state index contributed by atoms with van der Waals surface area (Å²) < 4.78 is 119. The number of hydrogen-bond acceptors (Lipinski definition) is 2. The summed E-state index contributed by atoms with van der Waals surface area (Å²) in [5.41, 5.74) is 0. The number of carboxylic acids is 2. The predicted molar refractivity (Wildman–Crippen MR) is 96.6 cm³/mol. The zero-order valence-corrected chi connectivity index (χ0v) is 18.0. The molecule has 0 aliphatic rings. The van der Waals surface area contributed by atoms with Gasteiger partial charge in [-0.1, -0.05) is 29.0 Å². The van der Waals surface area contributed by atoms with Crippen molar-refractivity contribution in [3.05, 3.63) is 0 Å². The molecule has 2 N–H and O–H groups in total. The van der Waals surface area contributed by atoms with Crippen molar-refractivity contribution in [1.29, 1.82) is 0 Å². The first-order valence-corrected chi connectivity index (χ1v) is 9.94. The van der Waals surface area contributed by atoms with Crippen molar-refractivity contribution in [2.45, 2.75) is 85.9 Å². The fraction of sp³-hybridized carbons (Fsp3) is 0.875. The molecular formula is C16H21F10IO4. The standard InChI is InChI=1S/C8H10F5IO2.C8H11F5O2/c9-7(10,8(11,12)13)4-5(14)2-1-3-6(15)16;9-7(10,8(11,12)13)5-3-1-2-4-6(14)15/h5H,1-4H2,(H,15,16);1-5H2,(H,14,15). The molecule has 0 saturated heterocycles. The van der Waals surface area contributed by atoms with Crippen LogP contribution in [0.3, 0.4) is 0 Å². The van der Waals surface area contributed by atoms with E-state index in [1.807, 2.05) is 0 Å². The van der Waals surface area contributed by atoms with Crippen LogP contribution in [-0.2, 0) is 9.59 Å². The van der Waals surface area contributed by atoms with E-state index in [4.69, 9.17) is 10.2 Å². The molecule has 0 saturated carbocycles. The SMILES string of the molecule is O=C(O)CCCC(I)CC(F)(F)C(F)(F)F.O=C(O)CCCCCC(F)(F)C(F)(F)F. The van der Waals surface area contributed by atoms with Gasteiger partial charge in [-0.2, -0.15) is 43.9 Å². The average molecular weight is 594 g/mol. The number of hydrogen-bond donors (Lipinski definition) is 2. The molecule has 15 heteroatoms. The van der Waals surface area contributed by atoms with Gasteiger partial charge in [-0.25, -0.2) is 0 Å². The van der Waals surface area contributed by atoms with E-state index in [1.165, 1.54) is 22.6 Å². The van der Waals surface area contributed by atoms with Gasteiger partial charge in [0.25, 0.3) is 0 Å². The number of rotatable bonds is 12. The van der Waals surface area contributed by atoms with Crippen LogP contribution in [0.5, 0.6) is 0 Å². The monoisotopic (exact) mass is 594 g/mol. The van der Waals surface area contributed by atoms with Crippen LogP contribution < -0.4 is 0 Å². The van der Waals surface area contributed by atoms with Crippen LogP contribution in [0.15, 0.2) is 0 Å². The van der Waals surface area contributed by atoms with Crippen molar-refractivity contribution in [2.24, 2.45) is 0 Å². The maximum absolute atomic E-state index is 12.5. The Kier molecular flexibility index (Phi) is 14.0. The highest BCUT2D eigenvalue weighted by Crippen LogP contribution is 2.41. The molecule has 4 nitrogen and oxygen atoms in total. The number of alkyl halides is 11. The van der Waals surface area contributed by atoms with Crippen molar-refractivity contribution in [1.82, 2.24) is 0 Å². The van der Waals surface area contributed by atoms with Crippen LogP contribution in [0.4, 0.5) is 43.9 Å². The van der Waals surface area contributed by atoms with Gasteiger partial charge in [0, 0.05) is 29.6 Å². The summed E-state index contributed by atoms with van der Waals surface area (Å²) in [5.74, 6) is -11.6. The van der Waals surface area contributed by atoms with Crippen LogP contribution in [0.2, 0.25) is 0 Å². The molecule has 1 atom stereocenters. The van der Waals surface area contributed by atoms with E-state index in [2.05, 4.69) is 0 Å². The lowest BCUT2D eigenvalue weighted by molar-refractivity contribution is -0.284. The van der Waals surface area contributed by atoms with Crippen LogP contribution in [0, 0.1) is 0 Å². The maximum Gasteiger partial charge on any atom is 0.453 e. The number of halogens is 11. The van der Waals surface area contributed by atoms with E-state index < -0.39 is 52.9 Å². The Bertz CT molecular complexity index is 549. The highest BCUT2D eigenvalue weighted by atomic mass is 127. The number of aliphatic carboxylic acids is 2. The smallest absolute Gasteiger partial charge is 0.453 e. The van der Waals surface area contributed by atoms with Gasteiger partial charge in [0.05, 0.1) is 0 Å². The Morgan fingerprint density at radius 1 is 0.677 bits per heavy atom. The molecule has 0 aliphatic carbocycles. The molecule has 0 aromatic heterocycles. The fourth-order valence-electron chi connectivity index (χ4n) is 1.91. The maximum atomic E-state index is 12.5. The second-order valence-corrected chi connectivity index (χ2v) is 8.21. The van der Waals surface area contributed by atoms with Gasteiger partial charge in [-0.15, -0.1) is 0 Å². The molecular weight excluding hydrogens is 573 g/mol.